The number of hydrogen-bond acceptors (Lipinski definition) is 4. The molecule has 1 aliphatic heterocycles. The average Bonchev–Trinajstić information content (AvgIpc) is 2.16. The molecule has 0 N–H and O–H groups in total. The van der Waals surface area contributed by atoms with Gasteiger partial charge in [0.15, 0.2) is 0 Å². The summed E-state index contributed by atoms with van der Waals surface area (Å²) in [7, 11) is -5.98. The van der Waals surface area contributed by atoms with Gasteiger partial charge in [0.05, 0.1) is 0 Å². The molecule has 1 fully saturated rings. The third kappa shape index (κ3) is 2.04. The van der Waals surface area contributed by atoms with Crippen molar-refractivity contribution < 1.29 is 44.8 Å². The number of alkyl halides is 6. The van der Waals surface area contributed by atoms with Crippen molar-refractivity contribution in [2.45, 2.75) is 37.9 Å². The zero-order valence-electron chi connectivity index (χ0n) is 9.00. The Morgan fingerprint density at radius 3 is 2.06 bits per heavy atom. The summed E-state index contributed by atoms with van der Waals surface area (Å²) >= 11 is 0. The summed E-state index contributed by atoms with van der Waals surface area (Å²) < 4.78 is 96.4. The van der Waals surface area contributed by atoms with Gasteiger partial charge in [0, 0.05) is 5.92 Å². The molecule has 1 aliphatic rings. The summed E-state index contributed by atoms with van der Waals surface area (Å²) in [5.74, 6) is -18.1. The molecule has 108 valence electrons. The number of rotatable bonds is 1. The molecule has 3 atom stereocenters. The highest BCUT2D eigenvalue weighted by atomic mass is 31.2. The van der Waals surface area contributed by atoms with Crippen LogP contribution in [0.2, 0.25) is 0 Å². The van der Waals surface area contributed by atoms with E-state index in [-0.39, 0.29) is 0 Å². The monoisotopic (exact) mass is 301 g/mol. The fourth-order valence-electron chi connectivity index (χ4n) is 1.26. The van der Waals surface area contributed by atoms with Gasteiger partial charge in [-0.05, 0) is 0 Å². The molecule has 0 spiro atoms. The SMILES string of the molecule is CC(C)C1(F)OP(=O)([O-])OC(F)C(F)(F)C1(F)F. The van der Waals surface area contributed by atoms with E-state index >= 15 is 0 Å². The maximum atomic E-state index is 13.8. The number of phosphoric ester groups is 1. The van der Waals surface area contributed by atoms with Crippen LogP contribution in [0.4, 0.5) is 26.3 Å². The summed E-state index contributed by atoms with van der Waals surface area (Å²) in [6, 6.07) is 0. The van der Waals surface area contributed by atoms with Gasteiger partial charge in [-0.3, -0.25) is 13.6 Å². The lowest BCUT2D eigenvalue weighted by Crippen LogP contribution is -2.61. The van der Waals surface area contributed by atoms with E-state index in [1.54, 1.807) is 0 Å². The lowest BCUT2D eigenvalue weighted by molar-refractivity contribution is -0.354. The van der Waals surface area contributed by atoms with Gasteiger partial charge in [-0.25, -0.2) is 8.78 Å². The molecule has 0 radical (unpaired) electrons. The highest BCUT2D eigenvalue weighted by Gasteiger charge is 2.78. The largest absolute Gasteiger partial charge is 0.756 e. The van der Waals surface area contributed by atoms with Gasteiger partial charge in [-0.1, -0.05) is 13.8 Å². The van der Waals surface area contributed by atoms with Crippen LogP contribution >= 0.6 is 7.82 Å². The third-order valence-electron chi connectivity index (χ3n) is 2.34. The van der Waals surface area contributed by atoms with Crippen LogP contribution in [0.15, 0.2) is 0 Å². The van der Waals surface area contributed by atoms with Crippen molar-refractivity contribution in [3.8, 4) is 0 Å². The topological polar surface area (TPSA) is 58.6 Å². The van der Waals surface area contributed by atoms with Crippen molar-refractivity contribution in [1.82, 2.24) is 0 Å². The smallest absolute Gasteiger partial charge is 0.373 e. The fraction of sp³-hybridized carbons (Fsp3) is 1.00. The van der Waals surface area contributed by atoms with Crippen LogP contribution in [-0.4, -0.2) is 24.1 Å². The van der Waals surface area contributed by atoms with Crippen LogP contribution in [-0.2, 0) is 13.6 Å². The van der Waals surface area contributed by atoms with E-state index in [0.717, 1.165) is 0 Å². The Bertz CT molecular complexity index is 388. The van der Waals surface area contributed by atoms with Gasteiger partial charge in [0.25, 0.3) is 20.0 Å². The predicted octanol–water partition coefficient (Wildman–Crippen LogP) is 2.39. The maximum absolute atomic E-state index is 13.8. The Balaban J connectivity index is 3.47. The minimum Gasteiger partial charge on any atom is -0.756 e. The fourth-order valence-corrected chi connectivity index (χ4v) is 2.31. The van der Waals surface area contributed by atoms with Gasteiger partial charge in [-0.2, -0.15) is 17.6 Å². The van der Waals surface area contributed by atoms with Crippen molar-refractivity contribution in [1.29, 1.82) is 0 Å². The first-order valence-corrected chi connectivity index (χ1v) is 6.03. The molecule has 0 saturated carbocycles. The highest BCUT2D eigenvalue weighted by molar-refractivity contribution is 7.45. The first-order chi connectivity index (χ1) is 7.78. The maximum Gasteiger partial charge on any atom is 0.373 e. The van der Waals surface area contributed by atoms with Crippen molar-refractivity contribution in [3.63, 3.8) is 0 Å². The standard InChI is InChI=1S/C7H9F6O4P/c1-3(2)6(11)7(12,13)5(9,10)4(8)16-18(14,15)17-6/h3-4H,1-2H3,(H,14,15)/p-1. The summed E-state index contributed by atoms with van der Waals surface area (Å²) in [4.78, 5) is 10.8. The third-order valence-corrected chi connectivity index (χ3v) is 3.27. The van der Waals surface area contributed by atoms with Crippen LogP contribution in [0.3, 0.4) is 0 Å². The molecule has 0 aromatic heterocycles. The molecule has 18 heavy (non-hydrogen) atoms. The Morgan fingerprint density at radius 1 is 1.22 bits per heavy atom. The van der Waals surface area contributed by atoms with Crippen LogP contribution in [0.5, 0.6) is 0 Å². The zero-order valence-corrected chi connectivity index (χ0v) is 9.90. The Morgan fingerprint density at radius 2 is 1.67 bits per heavy atom. The lowest BCUT2D eigenvalue weighted by Gasteiger charge is -2.38. The highest BCUT2D eigenvalue weighted by Crippen LogP contribution is 2.61. The molecule has 0 bridgehead atoms. The number of phosphoric acid groups is 1. The molecule has 0 aromatic rings. The molecule has 11 heteroatoms. The van der Waals surface area contributed by atoms with E-state index in [9.17, 15) is 35.8 Å². The Labute approximate surface area is 97.5 Å². The molecule has 0 aromatic carbocycles. The van der Waals surface area contributed by atoms with Gasteiger partial charge in [-0.15, -0.1) is 0 Å². The predicted molar refractivity (Wildman–Crippen MR) is 43.2 cm³/mol. The van der Waals surface area contributed by atoms with Crippen molar-refractivity contribution in [2.75, 3.05) is 0 Å². The number of halogens is 6. The van der Waals surface area contributed by atoms with Gasteiger partial charge >= 0.3 is 11.8 Å². The second-order valence-corrected chi connectivity index (χ2v) is 5.24. The lowest BCUT2D eigenvalue weighted by atomic mass is 9.93. The van der Waals surface area contributed by atoms with E-state index in [4.69, 9.17) is 0 Å². The quantitative estimate of drug-likeness (QED) is 0.551. The Kier molecular flexibility index (Phi) is 3.58. The Hall–Kier alpha value is -0.310. The van der Waals surface area contributed by atoms with Gasteiger partial charge in [0.2, 0.25) is 0 Å². The van der Waals surface area contributed by atoms with E-state index in [1.165, 1.54) is 0 Å². The van der Waals surface area contributed by atoms with Crippen molar-refractivity contribution in [2.24, 2.45) is 5.92 Å². The second-order valence-electron chi connectivity index (χ2n) is 3.96. The molecule has 3 unspecified atom stereocenters. The van der Waals surface area contributed by atoms with Crippen LogP contribution in [0.25, 0.3) is 0 Å². The minimum atomic E-state index is -5.98. The minimum absolute atomic E-state index is 0.669. The van der Waals surface area contributed by atoms with Gasteiger partial charge < -0.3 is 4.89 Å². The van der Waals surface area contributed by atoms with E-state index < -0.39 is 37.8 Å². The van der Waals surface area contributed by atoms with Crippen molar-refractivity contribution in [3.05, 3.63) is 0 Å². The van der Waals surface area contributed by atoms with E-state index in [0.29, 0.717) is 13.8 Å². The molecular formula is C7H8F6O4P-. The molecule has 1 heterocycles. The van der Waals surface area contributed by atoms with Gasteiger partial charge in [0.1, 0.15) is 0 Å². The molecule has 4 nitrogen and oxygen atoms in total. The molecule has 1 rings (SSSR count). The van der Waals surface area contributed by atoms with Crippen LogP contribution in [0, 0.1) is 5.92 Å². The summed E-state index contributed by atoms with van der Waals surface area (Å²) in [5.41, 5.74) is 0. The number of hydrogen-bond donors (Lipinski definition) is 0. The summed E-state index contributed by atoms with van der Waals surface area (Å²) in [6.45, 7) is 1.34. The molecule has 0 amide bonds. The summed E-state index contributed by atoms with van der Waals surface area (Å²) in [5, 5.41) is 0. The van der Waals surface area contributed by atoms with Crippen LogP contribution < -0.4 is 4.89 Å². The molecule has 1 saturated heterocycles. The molecule has 0 aliphatic carbocycles. The average molecular weight is 301 g/mol. The van der Waals surface area contributed by atoms with E-state index in [1.807, 2.05) is 0 Å². The second kappa shape index (κ2) is 4.09. The molecular weight excluding hydrogens is 293 g/mol. The zero-order chi connectivity index (χ0) is 14.6. The van der Waals surface area contributed by atoms with Crippen molar-refractivity contribution >= 4 is 7.82 Å². The van der Waals surface area contributed by atoms with Crippen LogP contribution in [0.1, 0.15) is 13.8 Å². The van der Waals surface area contributed by atoms with E-state index in [2.05, 4.69) is 9.05 Å². The first kappa shape index (κ1) is 15.7. The summed E-state index contributed by atoms with van der Waals surface area (Å²) in [6.07, 6.45) is -4.24. The normalized spacial score (nSPS) is 43.8. The first-order valence-electron chi connectivity index (χ1n) is 4.57.